The van der Waals surface area contributed by atoms with Gasteiger partial charge in [0.05, 0.1) is 6.54 Å². The van der Waals surface area contributed by atoms with Gasteiger partial charge in [-0.1, -0.05) is 13.0 Å². The Morgan fingerprint density at radius 3 is 2.84 bits per heavy atom. The van der Waals surface area contributed by atoms with Gasteiger partial charge in [-0.2, -0.15) is 0 Å². The summed E-state index contributed by atoms with van der Waals surface area (Å²) in [5, 5.41) is 2.62. The van der Waals surface area contributed by atoms with Crippen molar-refractivity contribution in [2.75, 3.05) is 18.9 Å². The van der Waals surface area contributed by atoms with Crippen LogP contribution in [0.1, 0.15) is 13.3 Å². The molecule has 0 saturated carbocycles. The normalized spacial score (nSPS) is 18.6. The molecule has 1 heterocycles. The van der Waals surface area contributed by atoms with Crippen LogP contribution in [0.3, 0.4) is 0 Å². The first-order chi connectivity index (χ1) is 9.11. The van der Waals surface area contributed by atoms with Gasteiger partial charge in [-0.25, -0.2) is 4.79 Å². The fraction of sp³-hybridized carbons (Fsp3) is 0.385. The first-order valence-electron chi connectivity index (χ1n) is 6.22. The Kier molecular flexibility index (Phi) is 3.89. The van der Waals surface area contributed by atoms with Crippen LogP contribution in [-0.2, 0) is 4.79 Å². The van der Waals surface area contributed by atoms with E-state index in [1.54, 1.807) is 24.3 Å². The fourth-order valence-electron chi connectivity index (χ4n) is 1.92. The number of ether oxygens (including phenoxy) is 1. The molecule has 1 saturated heterocycles. The lowest BCUT2D eigenvalue weighted by atomic mass is 10.2. The van der Waals surface area contributed by atoms with Crippen molar-refractivity contribution in [3.8, 4) is 5.75 Å². The monoisotopic (exact) mass is 263 g/mol. The molecule has 0 aliphatic carbocycles. The number of carbonyl (C=O) groups excluding carboxylic acids is 2. The Hall–Kier alpha value is -2.24. The Morgan fingerprint density at radius 2 is 2.21 bits per heavy atom. The average Bonchev–Trinajstić information content (AvgIpc) is 2.66. The second-order valence-corrected chi connectivity index (χ2v) is 4.32. The zero-order valence-electron chi connectivity index (χ0n) is 10.8. The van der Waals surface area contributed by atoms with Crippen molar-refractivity contribution in [3.05, 3.63) is 24.3 Å². The third kappa shape index (κ3) is 2.96. The van der Waals surface area contributed by atoms with Gasteiger partial charge in [0, 0.05) is 11.8 Å². The summed E-state index contributed by atoms with van der Waals surface area (Å²) in [5.74, 6) is 0.433. The molecule has 19 heavy (non-hydrogen) atoms. The van der Waals surface area contributed by atoms with Crippen molar-refractivity contribution in [1.82, 2.24) is 10.2 Å². The predicted molar refractivity (Wildman–Crippen MR) is 70.7 cm³/mol. The molecule has 1 aromatic rings. The molecular formula is C13H17N3O3. The van der Waals surface area contributed by atoms with Crippen LogP contribution in [0.15, 0.2) is 24.3 Å². The number of nitrogens with one attached hydrogen (secondary N) is 1. The van der Waals surface area contributed by atoms with Gasteiger partial charge in [0.2, 0.25) is 0 Å². The fourth-order valence-corrected chi connectivity index (χ4v) is 1.92. The molecule has 6 nitrogen and oxygen atoms in total. The lowest BCUT2D eigenvalue weighted by molar-refractivity contribution is -0.127. The van der Waals surface area contributed by atoms with Gasteiger partial charge in [-0.15, -0.1) is 0 Å². The van der Waals surface area contributed by atoms with E-state index < -0.39 is 6.04 Å². The van der Waals surface area contributed by atoms with Crippen LogP contribution in [-0.4, -0.2) is 36.0 Å². The highest BCUT2D eigenvalue weighted by molar-refractivity contribution is 6.04. The average molecular weight is 263 g/mol. The Bertz CT molecular complexity index is 490. The smallest absolute Gasteiger partial charge is 0.324 e. The summed E-state index contributed by atoms with van der Waals surface area (Å²) in [6, 6.07) is 6.26. The van der Waals surface area contributed by atoms with Gasteiger partial charge >= 0.3 is 6.03 Å². The number of anilines is 1. The zero-order valence-corrected chi connectivity index (χ0v) is 10.8. The summed E-state index contributed by atoms with van der Waals surface area (Å²) < 4.78 is 5.46. The maximum absolute atomic E-state index is 11.8. The highest BCUT2D eigenvalue weighted by Gasteiger charge is 2.36. The number of nitrogens with zero attached hydrogens (tertiary/aromatic N) is 1. The number of benzene rings is 1. The minimum atomic E-state index is -0.403. The number of nitrogen functional groups attached to an aromatic ring is 1. The maximum Gasteiger partial charge on any atom is 0.324 e. The summed E-state index contributed by atoms with van der Waals surface area (Å²) in [6.45, 7) is 2.34. The lowest BCUT2D eigenvalue weighted by Gasteiger charge is -2.13. The molecule has 1 aliphatic heterocycles. The van der Waals surface area contributed by atoms with E-state index in [1.807, 2.05) is 6.92 Å². The second kappa shape index (κ2) is 5.60. The molecule has 3 N–H and O–H groups in total. The number of hydrogen-bond donors (Lipinski definition) is 2. The summed E-state index contributed by atoms with van der Waals surface area (Å²) >= 11 is 0. The van der Waals surface area contributed by atoms with Crippen molar-refractivity contribution < 1.29 is 14.3 Å². The summed E-state index contributed by atoms with van der Waals surface area (Å²) in [4.78, 5) is 24.6. The van der Waals surface area contributed by atoms with Crippen molar-refractivity contribution in [1.29, 1.82) is 0 Å². The van der Waals surface area contributed by atoms with Crippen molar-refractivity contribution >= 4 is 17.6 Å². The predicted octanol–water partition coefficient (Wildman–Crippen LogP) is 0.978. The molecule has 0 radical (unpaired) electrons. The van der Waals surface area contributed by atoms with E-state index in [-0.39, 0.29) is 25.1 Å². The third-order valence-corrected chi connectivity index (χ3v) is 2.96. The van der Waals surface area contributed by atoms with Gasteiger partial charge in [0.15, 0.2) is 0 Å². The number of carbonyl (C=O) groups is 2. The number of rotatable bonds is 5. The first kappa shape index (κ1) is 13.2. The molecule has 0 bridgehead atoms. The molecule has 6 heteroatoms. The standard InChI is InChI=1S/C13H17N3O3/c1-2-11-12(17)16(13(18)15-11)6-7-19-10-5-3-4-9(14)8-10/h3-5,8,11H,2,6-7,14H2,1H3,(H,15,18). The van der Waals surface area contributed by atoms with E-state index in [4.69, 9.17) is 10.5 Å². The van der Waals surface area contributed by atoms with E-state index in [1.165, 1.54) is 4.90 Å². The Balaban J connectivity index is 1.86. The molecule has 3 amide bonds. The summed E-state index contributed by atoms with van der Waals surface area (Å²) in [5.41, 5.74) is 6.23. The minimum Gasteiger partial charge on any atom is -0.492 e. The molecule has 0 spiro atoms. The molecule has 102 valence electrons. The van der Waals surface area contributed by atoms with Gasteiger partial charge in [-0.3, -0.25) is 9.69 Å². The van der Waals surface area contributed by atoms with Crippen molar-refractivity contribution in [2.24, 2.45) is 0 Å². The largest absolute Gasteiger partial charge is 0.492 e. The maximum atomic E-state index is 11.8. The molecule has 1 aromatic carbocycles. The van der Waals surface area contributed by atoms with Gasteiger partial charge in [0.25, 0.3) is 5.91 Å². The zero-order chi connectivity index (χ0) is 13.8. The van der Waals surface area contributed by atoms with Crippen LogP contribution in [0.25, 0.3) is 0 Å². The quantitative estimate of drug-likeness (QED) is 0.612. The number of imide groups is 1. The number of amides is 3. The third-order valence-electron chi connectivity index (χ3n) is 2.96. The van der Waals surface area contributed by atoms with Crippen LogP contribution < -0.4 is 15.8 Å². The van der Waals surface area contributed by atoms with Crippen LogP contribution >= 0.6 is 0 Å². The van der Waals surface area contributed by atoms with E-state index in [2.05, 4.69) is 5.32 Å². The Morgan fingerprint density at radius 1 is 1.42 bits per heavy atom. The van der Waals surface area contributed by atoms with Crippen molar-refractivity contribution in [3.63, 3.8) is 0 Å². The summed E-state index contributed by atoms with van der Waals surface area (Å²) in [7, 11) is 0. The van der Waals surface area contributed by atoms with Crippen LogP contribution in [0.2, 0.25) is 0 Å². The van der Waals surface area contributed by atoms with Gasteiger partial charge in [-0.05, 0) is 18.6 Å². The van der Waals surface area contributed by atoms with Crippen LogP contribution in [0, 0.1) is 0 Å². The molecule has 1 unspecified atom stereocenters. The highest BCUT2D eigenvalue weighted by atomic mass is 16.5. The van der Waals surface area contributed by atoms with Gasteiger partial charge in [0.1, 0.15) is 18.4 Å². The molecule has 1 fully saturated rings. The number of urea groups is 1. The first-order valence-corrected chi connectivity index (χ1v) is 6.22. The highest BCUT2D eigenvalue weighted by Crippen LogP contribution is 2.15. The Labute approximate surface area is 111 Å². The number of nitrogens with two attached hydrogens (primary N) is 1. The molecule has 0 aromatic heterocycles. The van der Waals surface area contributed by atoms with E-state index in [0.717, 1.165) is 0 Å². The summed E-state index contributed by atoms with van der Waals surface area (Å²) in [6.07, 6.45) is 0.594. The van der Waals surface area contributed by atoms with E-state index in [0.29, 0.717) is 17.9 Å². The molecule has 1 atom stereocenters. The van der Waals surface area contributed by atoms with E-state index >= 15 is 0 Å². The van der Waals surface area contributed by atoms with Gasteiger partial charge < -0.3 is 15.8 Å². The lowest BCUT2D eigenvalue weighted by Crippen LogP contribution is -2.35. The van der Waals surface area contributed by atoms with E-state index in [9.17, 15) is 9.59 Å². The second-order valence-electron chi connectivity index (χ2n) is 4.32. The van der Waals surface area contributed by atoms with Crippen LogP contribution in [0.4, 0.5) is 10.5 Å². The number of hydrogen-bond acceptors (Lipinski definition) is 4. The van der Waals surface area contributed by atoms with Crippen molar-refractivity contribution in [2.45, 2.75) is 19.4 Å². The topological polar surface area (TPSA) is 84.7 Å². The SMILES string of the molecule is CCC1NC(=O)N(CCOc2cccc(N)c2)C1=O. The van der Waals surface area contributed by atoms with Crippen LogP contribution in [0.5, 0.6) is 5.75 Å². The molecule has 2 rings (SSSR count). The molecule has 1 aliphatic rings. The minimum absolute atomic E-state index is 0.191. The molecular weight excluding hydrogens is 246 g/mol.